The third-order valence-electron chi connectivity index (χ3n) is 4.10. The number of anilines is 1. The Labute approximate surface area is 103 Å². The average Bonchev–Trinajstić information content (AvgIpc) is 2.81. The number of nitrogens with one attached hydrogen (secondary N) is 1. The molecule has 0 spiro atoms. The SMILES string of the molecule is NCC1CCc2ccc(N3CCNCC3)cc21. The Balaban J connectivity index is 1.86. The molecule has 1 unspecified atom stereocenters. The molecular weight excluding hydrogens is 210 g/mol. The van der Waals surface area contributed by atoms with Crippen molar-refractivity contribution in [1.29, 1.82) is 0 Å². The monoisotopic (exact) mass is 231 g/mol. The molecule has 1 fully saturated rings. The summed E-state index contributed by atoms with van der Waals surface area (Å²) < 4.78 is 0. The summed E-state index contributed by atoms with van der Waals surface area (Å²) in [5.74, 6) is 0.591. The Kier molecular flexibility index (Phi) is 3.04. The molecule has 1 aliphatic carbocycles. The van der Waals surface area contributed by atoms with Crippen molar-refractivity contribution < 1.29 is 0 Å². The molecule has 2 aliphatic rings. The lowest BCUT2D eigenvalue weighted by Crippen LogP contribution is -2.43. The molecule has 1 aromatic carbocycles. The predicted molar refractivity (Wildman–Crippen MR) is 71.6 cm³/mol. The average molecular weight is 231 g/mol. The molecule has 0 saturated carbocycles. The lowest BCUT2D eigenvalue weighted by atomic mass is 10.0. The number of aryl methyl sites for hydroxylation is 1. The van der Waals surface area contributed by atoms with Crippen molar-refractivity contribution in [2.24, 2.45) is 5.73 Å². The number of hydrogen-bond acceptors (Lipinski definition) is 3. The molecule has 0 aromatic heterocycles. The first kappa shape index (κ1) is 11.1. The second-order valence-corrected chi connectivity index (χ2v) is 5.09. The molecule has 1 atom stereocenters. The summed E-state index contributed by atoms with van der Waals surface area (Å²) in [6, 6.07) is 6.97. The van der Waals surface area contributed by atoms with Gasteiger partial charge in [-0.05, 0) is 48.6 Å². The molecule has 0 amide bonds. The van der Waals surface area contributed by atoms with Crippen molar-refractivity contribution >= 4 is 5.69 Å². The summed E-state index contributed by atoms with van der Waals surface area (Å²) in [6.45, 7) is 5.21. The molecule has 1 heterocycles. The smallest absolute Gasteiger partial charge is 0.0370 e. The third-order valence-corrected chi connectivity index (χ3v) is 4.10. The second-order valence-electron chi connectivity index (χ2n) is 5.09. The van der Waals surface area contributed by atoms with E-state index in [1.807, 2.05) is 0 Å². The normalized spacial score (nSPS) is 23.8. The summed E-state index contributed by atoms with van der Waals surface area (Å²) in [5.41, 5.74) is 10.3. The number of nitrogens with zero attached hydrogens (tertiary/aromatic N) is 1. The van der Waals surface area contributed by atoms with Crippen molar-refractivity contribution in [2.75, 3.05) is 37.6 Å². The molecule has 3 heteroatoms. The van der Waals surface area contributed by atoms with E-state index in [9.17, 15) is 0 Å². The van der Waals surface area contributed by atoms with Crippen LogP contribution in [0.2, 0.25) is 0 Å². The summed E-state index contributed by atoms with van der Waals surface area (Å²) in [6.07, 6.45) is 2.44. The van der Waals surface area contributed by atoms with Crippen molar-refractivity contribution in [1.82, 2.24) is 5.32 Å². The fraction of sp³-hybridized carbons (Fsp3) is 0.571. The van der Waals surface area contributed by atoms with Crippen molar-refractivity contribution in [3.05, 3.63) is 29.3 Å². The van der Waals surface area contributed by atoms with Crippen LogP contribution in [-0.4, -0.2) is 32.7 Å². The van der Waals surface area contributed by atoms with Gasteiger partial charge in [-0.15, -0.1) is 0 Å². The minimum atomic E-state index is 0.591. The maximum Gasteiger partial charge on any atom is 0.0370 e. The number of piperazine rings is 1. The van der Waals surface area contributed by atoms with Crippen LogP contribution in [0.5, 0.6) is 0 Å². The van der Waals surface area contributed by atoms with Gasteiger partial charge in [-0.2, -0.15) is 0 Å². The predicted octanol–water partition coefficient (Wildman–Crippen LogP) is 1.08. The molecule has 3 nitrogen and oxygen atoms in total. The molecule has 17 heavy (non-hydrogen) atoms. The van der Waals surface area contributed by atoms with Crippen LogP contribution in [0.3, 0.4) is 0 Å². The summed E-state index contributed by atoms with van der Waals surface area (Å²) in [5, 5.41) is 3.40. The lowest BCUT2D eigenvalue weighted by Gasteiger charge is -2.30. The van der Waals surface area contributed by atoms with E-state index in [1.165, 1.54) is 29.7 Å². The number of nitrogens with two attached hydrogens (primary N) is 1. The second kappa shape index (κ2) is 4.67. The first-order valence-electron chi connectivity index (χ1n) is 6.67. The van der Waals surface area contributed by atoms with Gasteiger partial charge in [0.05, 0.1) is 0 Å². The Morgan fingerprint density at radius 3 is 2.88 bits per heavy atom. The minimum absolute atomic E-state index is 0.591. The van der Waals surface area contributed by atoms with E-state index in [4.69, 9.17) is 5.73 Å². The highest BCUT2D eigenvalue weighted by Crippen LogP contribution is 2.34. The molecule has 1 aromatic rings. The van der Waals surface area contributed by atoms with Crippen molar-refractivity contribution in [2.45, 2.75) is 18.8 Å². The van der Waals surface area contributed by atoms with Crippen LogP contribution in [0.15, 0.2) is 18.2 Å². The van der Waals surface area contributed by atoms with E-state index >= 15 is 0 Å². The Bertz CT molecular complexity index is 396. The minimum Gasteiger partial charge on any atom is -0.369 e. The van der Waals surface area contributed by atoms with Gasteiger partial charge in [-0.25, -0.2) is 0 Å². The highest BCUT2D eigenvalue weighted by Gasteiger charge is 2.22. The van der Waals surface area contributed by atoms with Crippen LogP contribution < -0.4 is 16.0 Å². The van der Waals surface area contributed by atoms with Crippen LogP contribution in [-0.2, 0) is 6.42 Å². The van der Waals surface area contributed by atoms with E-state index in [1.54, 1.807) is 0 Å². The Hall–Kier alpha value is -1.06. The van der Waals surface area contributed by atoms with Crippen molar-refractivity contribution in [3.8, 4) is 0 Å². The maximum absolute atomic E-state index is 5.85. The number of rotatable bonds is 2. The van der Waals surface area contributed by atoms with E-state index in [0.29, 0.717) is 5.92 Å². The van der Waals surface area contributed by atoms with Crippen LogP contribution in [0.25, 0.3) is 0 Å². The quantitative estimate of drug-likeness (QED) is 0.800. The van der Waals surface area contributed by atoms with Gasteiger partial charge in [0.15, 0.2) is 0 Å². The fourth-order valence-corrected chi connectivity index (χ4v) is 3.04. The zero-order valence-electron chi connectivity index (χ0n) is 10.3. The van der Waals surface area contributed by atoms with E-state index in [0.717, 1.165) is 32.7 Å². The van der Waals surface area contributed by atoms with Crippen molar-refractivity contribution in [3.63, 3.8) is 0 Å². The summed E-state index contributed by atoms with van der Waals surface area (Å²) >= 11 is 0. The first-order chi connectivity index (χ1) is 8.38. The van der Waals surface area contributed by atoms with Gasteiger partial charge in [0, 0.05) is 31.9 Å². The molecular formula is C14H21N3. The zero-order valence-corrected chi connectivity index (χ0v) is 10.3. The van der Waals surface area contributed by atoms with Crippen LogP contribution in [0.1, 0.15) is 23.5 Å². The van der Waals surface area contributed by atoms with E-state index in [-0.39, 0.29) is 0 Å². The topological polar surface area (TPSA) is 41.3 Å². The summed E-state index contributed by atoms with van der Waals surface area (Å²) in [7, 11) is 0. The van der Waals surface area contributed by atoms with Gasteiger partial charge < -0.3 is 16.0 Å². The molecule has 0 radical (unpaired) electrons. The summed E-state index contributed by atoms with van der Waals surface area (Å²) in [4.78, 5) is 2.47. The van der Waals surface area contributed by atoms with Crippen LogP contribution in [0, 0.1) is 0 Å². The zero-order chi connectivity index (χ0) is 11.7. The molecule has 1 aliphatic heterocycles. The van der Waals surface area contributed by atoms with Gasteiger partial charge in [0.1, 0.15) is 0 Å². The lowest BCUT2D eigenvalue weighted by molar-refractivity contribution is 0.589. The Morgan fingerprint density at radius 2 is 2.12 bits per heavy atom. The highest BCUT2D eigenvalue weighted by atomic mass is 15.2. The molecule has 3 rings (SSSR count). The molecule has 3 N–H and O–H groups in total. The van der Waals surface area contributed by atoms with E-state index < -0.39 is 0 Å². The largest absolute Gasteiger partial charge is 0.369 e. The number of hydrogen-bond donors (Lipinski definition) is 2. The molecule has 0 bridgehead atoms. The van der Waals surface area contributed by atoms with Gasteiger partial charge in [-0.1, -0.05) is 6.07 Å². The fourth-order valence-electron chi connectivity index (χ4n) is 3.04. The number of fused-ring (bicyclic) bond motifs is 1. The molecule has 1 saturated heterocycles. The first-order valence-corrected chi connectivity index (χ1v) is 6.67. The highest BCUT2D eigenvalue weighted by molar-refractivity contribution is 5.53. The van der Waals surface area contributed by atoms with Gasteiger partial charge >= 0.3 is 0 Å². The third kappa shape index (κ3) is 2.05. The maximum atomic E-state index is 5.85. The molecule has 92 valence electrons. The Morgan fingerprint density at radius 1 is 1.29 bits per heavy atom. The van der Waals surface area contributed by atoms with Gasteiger partial charge in [0.2, 0.25) is 0 Å². The van der Waals surface area contributed by atoms with Crippen LogP contribution in [0.4, 0.5) is 5.69 Å². The van der Waals surface area contributed by atoms with Crippen LogP contribution >= 0.6 is 0 Å². The van der Waals surface area contributed by atoms with Gasteiger partial charge in [-0.3, -0.25) is 0 Å². The van der Waals surface area contributed by atoms with Gasteiger partial charge in [0.25, 0.3) is 0 Å². The van der Waals surface area contributed by atoms with E-state index in [2.05, 4.69) is 28.4 Å². The standard InChI is InChI=1S/C14H21N3/c15-10-12-2-1-11-3-4-13(9-14(11)12)17-7-5-16-6-8-17/h3-4,9,12,16H,1-2,5-8,10,15H2. The number of benzene rings is 1.